The van der Waals surface area contributed by atoms with Crippen LogP contribution < -0.4 is 5.73 Å². The van der Waals surface area contributed by atoms with Gasteiger partial charge in [-0.3, -0.25) is 4.68 Å². The molecule has 17 heavy (non-hydrogen) atoms. The zero-order valence-corrected chi connectivity index (χ0v) is 11.0. The molecule has 1 heterocycles. The molecule has 96 valence electrons. The normalized spacial score (nSPS) is 19.5. The molecule has 1 aromatic heterocycles. The van der Waals surface area contributed by atoms with E-state index < -0.39 is 0 Å². The fourth-order valence-electron chi connectivity index (χ4n) is 2.55. The number of nitrogens with zero attached hydrogens (tertiary/aromatic N) is 3. The lowest BCUT2D eigenvalue weighted by Crippen LogP contribution is -2.16. The zero-order valence-electron chi connectivity index (χ0n) is 11.0. The number of aryl methyl sites for hydroxylation is 2. The van der Waals surface area contributed by atoms with E-state index in [1.165, 1.54) is 32.1 Å². The maximum absolute atomic E-state index is 5.78. The second-order valence-corrected chi connectivity index (χ2v) is 5.36. The lowest BCUT2D eigenvalue weighted by atomic mass is 9.89. The van der Waals surface area contributed by atoms with E-state index in [1.807, 2.05) is 18.7 Å². The van der Waals surface area contributed by atoms with E-state index in [0.717, 1.165) is 24.5 Å². The van der Waals surface area contributed by atoms with Crippen molar-refractivity contribution < 1.29 is 0 Å². The van der Waals surface area contributed by atoms with E-state index in [2.05, 4.69) is 5.10 Å². The van der Waals surface area contributed by atoms with Gasteiger partial charge in [0.25, 0.3) is 0 Å². The van der Waals surface area contributed by atoms with Gasteiger partial charge in [0.1, 0.15) is 5.82 Å². The highest BCUT2D eigenvalue weighted by atomic mass is 15.3. The molecule has 2 N–H and O–H groups in total. The maximum Gasteiger partial charge on any atom is 0.154 e. The summed E-state index contributed by atoms with van der Waals surface area (Å²) in [5, 5.41) is 4.58. The van der Waals surface area contributed by atoms with Crippen LogP contribution in [0.3, 0.4) is 0 Å². The summed E-state index contributed by atoms with van der Waals surface area (Å²) in [5.41, 5.74) is 5.78. The Labute approximate surface area is 104 Å². The smallest absolute Gasteiger partial charge is 0.154 e. The van der Waals surface area contributed by atoms with E-state index in [-0.39, 0.29) is 6.04 Å². The lowest BCUT2D eigenvalue weighted by Gasteiger charge is -2.18. The Morgan fingerprint density at radius 3 is 2.71 bits per heavy atom. The largest absolute Gasteiger partial charge is 0.328 e. The molecule has 0 amide bonds. The van der Waals surface area contributed by atoms with Gasteiger partial charge in [-0.05, 0) is 26.2 Å². The van der Waals surface area contributed by atoms with Crippen molar-refractivity contribution in [1.29, 1.82) is 0 Å². The van der Waals surface area contributed by atoms with Gasteiger partial charge in [0.15, 0.2) is 5.82 Å². The van der Waals surface area contributed by atoms with Crippen LogP contribution in [-0.4, -0.2) is 20.8 Å². The molecule has 1 atom stereocenters. The molecule has 0 aliphatic heterocycles. The molecule has 0 aromatic carbocycles. The summed E-state index contributed by atoms with van der Waals surface area (Å²) >= 11 is 0. The summed E-state index contributed by atoms with van der Waals surface area (Å²) in [4.78, 5) is 4.70. The van der Waals surface area contributed by atoms with Crippen LogP contribution in [0, 0.1) is 0 Å². The van der Waals surface area contributed by atoms with Crippen LogP contribution in [0.15, 0.2) is 0 Å². The number of aromatic nitrogens is 3. The molecule has 0 saturated heterocycles. The molecule has 4 nitrogen and oxygen atoms in total. The van der Waals surface area contributed by atoms with Gasteiger partial charge in [0.2, 0.25) is 0 Å². The van der Waals surface area contributed by atoms with Crippen molar-refractivity contribution in [3.8, 4) is 0 Å². The predicted molar refractivity (Wildman–Crippen MR) is 68.8 cm³/mol. The van der Waals surface area contributed by atoms with Crippen LogP contribution in [0.5, 0.6) is 0 Å². The second kappa shape index (κ2) is 5.63. The quantitative estimate of drug-likeness (QED) is 0.871. The number of nitrogens with two attached hydrogens (primary N) is 1. The average molecular weight is 236 g/mol. The molecular weight excluding hydrogens is 212 g/mol. The van der Waals surface area contributed by atoms with Gasteiger partial charge in [-0.1, -0.05) is 19.3 Å². The van der Waals surface area contributed by atoms with Gasteiger partial charge in [0.05, 0.1) is 0 Å². The highest BCUT2D eigenvalue weighted by Gasteiger charge is 2.20. The zero-order chi connectivity index (χ0) is 12.3. The van der Waals surface area contributed by atoms with Crippen molar-refractivity contribution in [2.24, 2.45) is 12.8 Å². The van der Waals surface area contributed by atoms with Crippen LogP contribution in [0.4, 0.5) is 0 Å². The number of hydrogen-bond acceptors (Lipinski definition) is 3. The summed E-state index contributed by atoms with van der Waals surface area (Å²) in [7, 11) is 2.00. The molecule has 1 fully saturated rings. The standard InChI is InChI=1S/C13H24N4/c1-10(14)8-9-12-15-13(16-17(12)2)11-6-4-3-5-7-11/h10-11H,3-9,14H2,1-2H3. The van der Waals surface area contributed by atoms with Gasteiger partial charge in [0, 0.05) is 25.4 Å². The van der Waals surface area contributed by atoms with Gasteiger partial charge in [-0.25, -0.2) is 4.98 Å². The SMILES string of the molecule is CC(N)CCc1nc(C2CCCCC2)nn1C. The van der Waals surface area contributed by atoms with E-state index in [0.29, 0.717) is 5.92 Å². The minimum atomic E-state index is 0.241. The Morgan fingerprint density at radius 2 is 2.06 bits per heavy atom. The summed E-state index contributed by atoms with van der Waals surface area (Å²) in [6, 6.07) is 0.241. The monoisotopic (exact) mass is 236 g/mol. The van der Waals surface area contributed by atoms with Crippen LogP contribution in [0.25, 0.3) is 0 Å². The van der Waals surface area contributed by atoms with E-state index in [4.69, 9.17) is 10.7 Å². The molecule has 0 bridgehead atoms. The van der Waals surface area contributed by atoms with Crippen molar-refractivity contribution in [3.05, 3.63) is 11.6 Å². The summed E-state index contributed by atoms with van der Waals surface area (Å²) in [6.45, 7) is 2.04. The summed E-state index contributed by atoms with van der Waals surface area (Å²) in [5.74, 6) is 2.74. The Balaban J connectivity index is 2.01. The van der Waals surface area contributed by atoms with Gasteiger partial charge < -0.3 is 5.73 Å². The molecule has 4 heteroatoms. The van der Waals surface area contributed by atoms with Crippen LogP contribution in [0.2, 0.25) is 0 Å². The molecule has 0 spiro atoms. The van der Waals surface area contributed by atoms with Crippen LogP contribution in [0.1, 0.15) is 63.0 Å². The van der Waals surface area contributed by atoms with Gasteiger partial charge in [-0.2, -0.15) is 5.10 Å². The minimum absolute atomic E-state index is 0.241. The summed E-state index contributed by atoms with van der Waals surface area (Å²) < 4.78 is 1.94. The van der Waals surface area contributed by atoms with Crippen molar-refractivity contribution in [2.45, 2.75) is 63.8 Å². The molecule has 0 radical (unpaired) electrons. The van der Waals surface area contributed by atoms with Crippen LogP contribution >= 0.6 is 0 Å². The topological polar surface area (TPSA) is 56.7 Å². The lowest BCUT2D eigenvalue weighted by molar-refractivity contribution is 0.427. The highest BCUT2D eigenvalue weighted by molar-refractivity contribution is 5.00. The van der Waals surface area contributed by atoms with E-state index in [1.54, 1.807) is 0 Å². The van der Waals surface area contributed by atoms with Crippen molar-refractivity contribution in [3.63, 3.8) is 0 Å². The second-order valence-electron chi connectivity index (χ2n) is 5.36. The van der Waals surface area contributed by atoms with Gasteiger partial charge in [-0.15, -0.1) is 0 Å². The summed E-state index contributed by atoms with van der Waals surface area (Å²) in [6.07, 6.45) is 8.48. The highest BCUT2D eigenvalue weighted by Crippen LogP contribution is 2.30. The fourth-order valence-corrected chi connectivity index (χ4v) is 2.55. The van der Waals surface area contributed by atoms with Crippen molar-refractivity contribution in [1.82, 2.24) is 14.8 Å². The molecule has 1 aliphatic rings. The number of rotatable bonds is 4. The van der Waals surface area contributed by atoms with Crippen LogP contribution in [-0.2, 0) is 13.5 Å². The van der Waals surface area contributed by atoms with Crippen molar-refractivity contribution >= 4 is 0 Å². The third-order valence-corrected chi connectivity index (χ3v) is 3.66. The minimum Gasteiger partial charge on any atom is -0.328 e. The first-order valence-electron chi connectivity index (χ1n) is 6.82. The molecule has 1 aromatic rings. The average Bonchev–Trinajstić information content (AvgIpc) is 2.69. The first kappa shape index (κ1) is 12.6. The Hall–Kier alpha value is -0.900. The third-order valence-electron chi connectivity index (χ3n) is 3.66. The van der Waals surface area contributed by atoms with E-state index >= 15 is 0 Å². The Morgan fingerprint density at radius 1 is 1.35 bits per heavy atom. The molecule has 1 unspecified atom stereocenters. The first-order chi connectivity index (χ1) is 8.16. The Bertz CT molecular complexity index is 350. The van der Waals surface area contributed by atoms with Gasteiger partial charge >= 0.3 is 0 Å². The molecular formula is C13H24N4. The van der Waals surface area contributed by atoms with E-state index in [9.17, 15) is 0 Å². The molecule has 2 rings (SSSR count). The molecule has 1 aliphatic carbocycles. The Kier molecular flexibility index (Phi) is 4.15. The molecule has 1 saturated carbocycles. The predicted octanol–water partition coefficient (Wildman–Crippen LogP) is 2.14. The first-order valence-corrected chi connectivity index (χ1v) is 6.82. The fraction of sp³-hybridized carbons (Fsp3) is 0.846. The maximum atomic E-state index is 5.78. The number of hydrogen-bond donors (Lipinski definition) is 1. The van der Waals surface area contributed by atoms with Crippen molar-refractivity contribution in [2.75, 3.05) is 0 Å². The third kappa shape index (κ3) is 3.28.